The second-order valence-electron chi connectivity index (χ2n) is 26.6. The third-order valence-corrected chi connectivity index (χ3v) is 20.2. The summed E-state index contributed by atoms with van der Waals surface area (Å²) < 4.78 is 4.13. The van der Waals surface area contributed by atoms with Crippen molar-refractivity contribution < 1.29 is 0 Å². The molecular formula is C67H67BN2S. The van der Waals surface area contributed by atoms with Crippen LogP contribution in [0.4, 0.5) is 11.4 Å². The molecule has 354 valence electrons. The molecule has 4 heteroatoms. The van der Waals surface area contributed by atoms with Gasteiger partial charge in [-0.3, -0.25) is 0 Å². The Bertz CT molecular complexity index is 3830. The van der Waals surface area contributed by atoms with Gasteiger partial charge in [-0.05, 0) is 179 Å². The van der Waals surface area contributed by atoms with Crippen molar-refractivity contribution in [3.63, 3.8) is 0 Å². The van der Waals surface area contributed by atoms with E-state index in [1.807, 2.05) is 11.3 Å². The van der Waals surface area contributed by atoms with Gasteiger partial charge >= 0.3 is 6.85 Å². The largest absolute Gasteiger partial charge is 0.376 e. The van der Waals surface area contributed by atoms with Crippen LogP contribution >= 0.6 is 11.3 Å². The maximum absolute atomic E-state index is 2.82. The van der Waals surface area contributed by atoms with Gasteiger partial charge in [-0.2, -0.15) is 0 Å². The van der Waals surface area contributed by atoms with Gasteiger partial charge in [-0.25, -0.2) is 0 Å². The molecule has 5 aliphatic rings. The molecule has 2 nitrogen and oxygen atoms in total. The summed E-state index contributed by atoms with van der Waals surface area (Å²) in [5.41, 5.74) is 26.9. The first-order valence-corrected chi connectivity index (χ1v) is 27.4. The summed E-state index contributed by atoms with van der Waals surface area (Å²) in [4.78, 5) is 4.13. The average Bonchev–Trinajstić information content (AvgIpc) is 3.98. The van der Waals surface area contributed by atoms with Gasteiger partial charge in [0, 0.05) is 48.4 Å². The van der Waals surface area contributed by atoms with E-state index in [0.29, 0.717) is 0 Å². The highest BCUT2D eigenvalue weighted by molar-refractivity contribution is 7.22. The fourth-order valence-corrected chi connectivity index (χ4v) is 15.7. The Kier molecular flexibility index (Phi) is 8.54. The molecule has 3 aliphatic carbocycles. The monoisotopic (exact) mass is 943 g/mol. The van der Waals surface area contributed by atoms with E-state index in [1.54, 1.807) is 0 Å². The molecule has 0 bridgehead atoms. The fourth-order valence-electron chi connectivity index (χ4n) is 14.7. The molecule has 0 fully saturated rings. The lowest BCUT2D eigenvalue weighted by Gasteiger charge is -2.47. The fraction of sp³-hybridized carbons (Fsp3) is 0.343. The lowest BCUT2D eigenvalue weighted by atomic mass is 9.43. The van der Waals surface area contributed by atoms with Crippen LogP contribution in [-0.2, 0) is 32.5 Å². The minimum atomic E-state index is -0.249. The number of hydrogen-bond donors (Lipinski definition) is 0. The van der Waals surface area contributed by atoms with Crippen LogP contribution in [0.3, 0.4) is 0 Å². The van der Waals surface area contributed by atoms with Gasteiger partial charge < -0.3 is 9.38 Å². The smallest absolute Gasteiger partial charge is 0.333 e. The van der Waals surface area contributed by atoms with Gasteiger partial charge in [0.1, 0.15) is 0 Å². The molecular weight excluding hydrogens is 876 g/mol. The maximum Gasteiger partial charge on any atom is 0.333 e. The van der Waals surface area contributed by atoms with Crippen LogP contribution in [0.15, 0.2) is 121 Å². The number of rotatable bonds is 2. The summed E-state index contributed by atoms with van der Waals surface area (Å²) in [5.74, 6) is 0. The Hall–Kier alpha value is -5.84. The van der Waals surface area contributed by atoms with Crippen LogP contribution in [0.25, 0.3) is 70.3 Å². The zero-order chi connectivity index (χ0) is 49.3. The SMILES string of the molecule is CC(C)(C)c1ccc(N2B3c4cc5cc(-c6ccccc6)sc5cc4-n4c5cc6c(cc5c5c7c(c(c3c54)-c3cc4c(cc32)C(C)(C)CCC4(C)C)C(C)(C)c2ccccc2-7)C(C)(C)CCC6(C)C)cc1. The summed E-state index contributed by atoms with van der Waals surface area (Å²) in [7, 11) is 0. The first kappa shape index (κ1) is 43.9. The summed E-state index contributed by atoms with van der Waals surface area (Å²) in [6, 6.07) is 48.7. The first-order valence-electron chi connectivity index (χ1n) is 26.6. The van der Waals surface area contributed by atoms with Crippen molar-refractivity contribution in [3.8, 4) is 38.4 Å². The Morgan fingerprint density at radius 3 is 1.82 bits per heavy atom. The second kappa shape index (κ2) is 13.8. The number of nitrogens with zero attached hydrogens (tertiary/aromatic N) is 2. The van der Waals surface area contributed by atoms with Crippen LogP contribution in [0, 0.1) is 0 Å². The molecule has 2 aliphatic heterocycles. The van der Waals surface area contributed by atoms with E-state index >= 15 is 0 Å². The van der Waals surface area contributed by atoms with Crippen molar-refractivity contribution in [2.75, 3.05) is 4.81 Å². The van der Waals surface area contributed by atoms with Crippen LogP contribution in [0.5, 0.6) is 0 Å². The number of anilines is 2. The van der Waals surface area contributed by atoms with Crippen molar-refractivity contribution in [2.24, 2.45) is 0 Å². The predicted octanol–water partition coefficient (Wildman–Crippen LogP) is 17.2. The van der Waals surface area contributed by atoms with Crippen molar-refractivity contribution in [1.29, 1.82) is 0 Å². The highest BCUT2D eigenvalue weighted by Gasteiger charge is 2.52. The van der Waals surface area contributed by atoms with Gasteiger partial charge in [0.2, 0.25) is 0 Å². The van der Waals surface area contributed by atoms with Gasteiger partial charge in [-0.1, -0.05) is 163 Å². The molecule has 0 atom stereocenters. The average molecular weight is 943 g/mol. The van der Waals surface area contributed by atoms with Crippen molar-refractivity contribution >= 4 is 72.4 Å². The number of aromatic nitrogens is 1. The minimum Gasteiger partial charge on any atom is -0.376 e. The Labute approximate surface area is 426 Å². The molecule has 7 aromatic carbocycles. The third-order valence-electron chi connectivity index (χ3n) is 19.0. The van der Waals surface area contributed by atoms with Gasteiger partial charge in [0.25, 0.3) is 0 Å². The topological polar surface area (TPSA) is 8.17 Å². The van der Waals surface area contributed by atoms with Crippen LogP contribution in [-0.4, -0.2) is 11.4 Å². The molecule has 14 rings (SSSR count). The van der Waals surface area contributed by atoms with Crippen molar-refractivity contribution in [3.05, 3.63) is 160 Å². The number of benzene rings is 7. The maximum atomic E-state index is 2.82. The predicted molar refractivity (Wildman–Crippen MR) is 307 cm³/mol. The molecule has 0 saturated heterocycles. The molecule has 0 spiro atoms. The molecule has 0 radical (unpaired) electrons. The summed E-state index contributed by atoms with van der Waals surface area (Å²) >= 11 is 1.94. The minimum absolute atomic E-state index is 0.0363. The van der Waals surface area contributed by atoms with E-state index in [1.165, 1.54) is 157 Å². The number of thiophene rings is 1. The standard InChI is InChI=1S/C67H67BN2S/c1-62(2,3)40-23-25-41(26-24-40)70-52-36-49-47(64(6,7)28-30-66(49,10)11)34-44(52)58-59-56(42-21-17-18-22-45(42)67(59,12)13)57-43-33-46-48(65(8,9)29-27-63(46,4)5)35-51(43)69-53-37-55-39(31-50(53)68(70)60(58)61(57)69)32-54(71-55)38-19-15-14-16-20-38/h14-26,31-37H,27-30H2,1-13H3. The lowest BCUT2D eigenvalue weighted by molar-refractivity contribution is 0.332. The zero-order valence-corrected chi connectivity index (χ0v) is 45.1. The molecule has 2 aromatic heterocycles. The summed E-state index contributed by atoms with van der Waals surface area (Å²) in [6.07, 6.45) is 4.71. The second-order valence-corrected chi connectivity index (χ2v) is 27.7. The molecule has 0 saturated carbocycles. The van der Waals surface area contributed by atoms with Gasteiger partial charge in [0.15, 0.2) is 0 Å². The van der Waals surface area contributed by atoms with E-state index in [4.69, 9.17) is 0 Å². The van der Waals surface area contributed by atoms with E-state index in [0.717, 1.165) is 0 Å². The normalized spacial score (nSPS) is 19.1. The van der Waals surface area contributed by atoms with Crippen LogP contribution in [0.1, 0.15) is 155 Å². The van der Waals surface area contributed by atoms with Gasteiger partial charge in [-0.15, -0.1) is 11.3 Å². The zero-order valence-electron chi connectivity index (χ0n) is 44.3. The van der Waals surface area contributed by atoms with E-state index in [9.17, 15) is 0 Å². The highest BCUT2D eigenvalue weighted by atomic mass is 32.1. The first-order chi connectivity index (χ1) is 33.6. The highest BCUT2D eigenvalue weighted by Crippen LogP contribution is 2.61. The summed E-state index contributed by atoms with van der Waals surface area (Å²) in [6.45, 7) is 32.0. The number of hydrogen-bond acceptors (Lipinski definition) is 2. The quantitative estimate of drug-likeness (QED) is 0.157. The Balaban J connectivity index is 1.23. The lowest BCUT2D eigenvalue weighted by Crippen LogP contribution is -2.61. The van der Waals surface area contributed by atoms with Crippen LogP contribution in [0.2, 0.25) is 0 Å². The van der Waals surface area contributed by atoms with Gasteiger partial charge in [0.05, 0.1) is 11.0 Å². The summed E-state index contributed by atoms with van der Waals surface area (Å²) in [5, 5.41) is 4.16. The molecule has 9 aromatic rings. The molecule has 0 unspecified atom stereocenters. The van der Waals surface area contributed by atoms with Crippen LogP contribution < -0.4 is 15.7 Å². The van der Waals surface area contributed by atoms with E-state index in [2.05, 4.69) is 221 Å². The van der Waals surface area contributed by atoms with Crippen molar-refractivity contribution in [1.82, 2.24) is 4.57 Å². The molecule has 4 heterocycles. The van der Waals surface area contributed by atoms with Crippen molar-refractivity contribution in [2.45, 2.75) is 148 Å². The number of fused-ring (bicyclic) bond motifs is 16. The Morgan fingerprint density at radius 1 is 0.549 bits per heavy atom. The molecule has 0 N–H and O–H groups in total. The van der Waals surface area contributed by atoms with E-state index in [-0.39, 0.29) is 39.3 Å². The molecule has 71 heavy (non-hydrogen) atoms. The molecule has 0 amide bonds. The van der Waals surface area contributed by atoms with E-state index < -0.39 is 0 Å². The Morgan fingerprint density at radius 2 is 1.15 bits per heavy atom. The third kappa shape index (κ3) is 5.78.